The van der Waals surface area contributed by atoms with Gasteiger partial charge in [-0.1, -0.05) is 31.2 Å². The van der Waals surface area contributed by atoms with E-state index in [9.17, 15) is 0 Å². The highest BCUT2D eigenvalue weighted by atomic mass is 15.0. The molecule has 84 valence electrons. The molecule has 0 amide bonds. The van der Waals surface area contributed by atoms with Crippen molar-refractivity contribution in [3.8, 4) is 6.07 Å². The first kappa shape index (κ1) is 10.2. The van der Waals surface area contributed by atoms with Crippen molar-refractivity contribution in [1.29, 1.82) is 5.26 Å². The fourth-order valence-corrected chi connectivity index (χ4v) is 2.25. The molecule has 0 radical (unpaired) electrons. The smallest absolute Gasteiger partial charge is 0.0998 e. The molecule has 0 bridgehead atoms. The predicted molar refractivity (Wildman–Crippen MR) is 69.9 cm³/mol. The first-order valence-corrected chi connectivity index (χ1v) is 5.98. The van der Waals surface area contributed by atoms with Crippen LogP contribution in [0.4, 0.5) is 5.69 Å². The molecule has 17 heavy (non-hydrogen) atoms. The minimum Gasteiger partial charge on any atom is -0.382 e. The summed E-state index contributed by atoms with van der Waals surface area (Å²) < 4.78 is 0. The zero-order valence-electron chi connectivity index (χ0n) is 9.77. The molecule has 2 nitrogen and oxygen atoms in total. The molecule has 2 aromatic rings. The van der Waals surface area contributed by atoms with E-state index in [1.807, 2.05) is 30.3 Å². The lowest BCUT2D eigenvalue weighted by atomic mass is 10.0. The Hall–Kier alpha value is -2.01. The number of rotatable bonds is 2. The van der Waals surface area contributed by atoms with Gasteiger partial charge in [-0.05, 0) is 24.5 Å². The van der Waals surface area contributed by atoms with Crippen molar-refractivity contribution in [3.05, 3.63) is 42.0 Å². The minimum atomic E-state index is 0.603. The van der Waals surface area contributed by atoms with E-state index in [-0.39, 0.29) is 0 Å². The average Bonchev–Trinajstić information content (AvgIpc) is 3.05. The number of benzene rings is 2. The number of hydrogen-bond donors (Lipinski definition) is 1. The summed E-state index contributed by atoms with van der Waals surface area (Å²) in [6.07, 6.45) is 1.24. The monoisotopic (exact) mass is 222 g/mol. The molecule has 0 heterocycles. The highest BCUT2D eigenvalue weighted by molar-refractivity contribution is 5.97. The van der Waals surface area contributed by atoms with E-state index in [2.05, 4.69) is 24.4 Å². The number of nitriles is 1. The summed E-state index contributed by atoms with van der Waals surface area (Å²) in [5.74, 6) is 0.768. The van der Waals surface area contributed by atoms with Crippen LogP contribution in [0.1, 0.15) is 18.9 Å². The van der Waals surface area contributed by atoms with E-state index in [1.165, 1.54) is 6.42 Å². The SMILES string of the molecule is CC1CC1Nc1ccc(C#N)c2ccccc12. The van der Waals surface area contributed by atoms with Crippen molar-refractivity contribution in [2.75, 3.05) is 5.32 Å². The van der Waals surface area contributed by atoms with Gasteiger partial charge in [0.05, 0.1) is 11.6 Å². The number of fused-ring (bicyclic) bond motifs is 1. The number of anilines is 1. The fraction of sp³-hybridized carbons (Fsp3) is 0.267. The topological polar surface area (TPSA) is 35.8 Å². The molecule has 0 aromatic heterocycles. The van der Waals surface area contributed by atoms with Crippen LogP contribution in [0.2, 0.25) is 0 Å². The molecule has 3 rings (SSSR count). The molecule has 1 saturated carbocycles. The summed E-state index contributed by atoms with van der Waals surface area (Å²) in [6.45, 7) is 2.25. The number of nitrogens with one attached hydrogen (secondary N) is 1. The van der Waals surface area contributed by atoms with Crippen molar-refractivity contribution in [3.63, 3.8) is 0 Å². The second-order valence-corrected chi connectivity index (χ2v) is 4.78. The lowest BCUT2D eigenvalue weighted by Gasteiger charge is -2.10. The summed E-state index contributed by atoms with van der Waals surface area (Å²) in [6, 6.07) is 14.9. The molecule has 1 N–H and O–H groups in total. The molecule has 1 aliphatic rings. The summed E-state index contributed by atoms with van der Waals surface area (Å²) >= 11 is 0. The van der Waals surface area contributed by atoms with E-state index in [0.29, 0.717) is 6.04 Å². The van der Waals surface area contributed by atoms with Crippen LogP contribution in [0.3, 0.4) is 0 Å². The molecule has 2 heteroatoms. The van der Waals surface area contributed by atoms with E-state index >= 15 is 0 Å². The van der Waals surface area contributed by atoms with Gasteiger partial charge in [0.15, 0.2) is 0 Å². The Kier molecular flexibility index (Phi) is 2.26. The normalized spacial score (nSPS) is 22.1. The van der Waals surface area contributed by atoms with Crippen LogP contribution in [-0.2, 0) is 0 Å². The highest BCUT2D eigenvalue weighted by Gasteiger charge is 2.32. The third-order valence-electron chi connectivity index (χ3n) is 3.49. The predicted octanol–water partition coefficient (Wildman–Crippen LogP) is 3.53. The van der Waals surface area contributed by atoms with Crippen molar-refractivity contribution in [2.45, 2.75) is 19.4 Å². The van der Waals surface area contributed by atoms with Gasteiger partial charge in [-0.3, -0.25) is 0 Å². The number of nitrogens with zero attached hydrogens (tertiary/aromatic N) is 1. The van der Waals surface area contributed by atoms with Crippen LogP contribution in [0.5, 0.6) is 0 Å². The number of hydrogen-bond acceptors (Lipinski definition) is 2. The maximum atomic E-state index is 9.09. The first-order valence-electron chi connectivity index (χ1n) is 5.98. The summed E-state index contributed by atoms with van der Waals surface area (Å²) in [5, 5.41) is 14.8. The Morgan fingerprint density at radius 3 is 2.53 bits per heavy atom. The Bertz CT molecular complexity index is 610. The zero-order chi connectivity index (χ0) is 11.8. The Balaban J connectivity index is 2.10. The molecule has 0 spiro atoms. The molecule has 2 atom stereocenters. The van der Waals surface area contributed by atoms with E-state index in [0.717, 1.165) is 27.9 Å². The first-order chi connectivity index (χ1) is 8.29. The quantitative estimate of drug-likeness (QED) is 0.843. The summed E-state index contributed by atoms with van der Waals surface area (Å²) in [5.41, 5.74) is 1.89. The minimum absolute atomic E-state index is 0.603. The second kappa shape index (κ2) is 3.78. The van der Waals surface area contributed by atoms with Crippen LogP contribution < -0.4 is 5.32 Å². The summed E-state index contributed by atoms with van der Waals surface area (Å²) in [4.78, 5) is 0. The Morgan fingerprint density at radius 2 is 1.88 bits per heavy atom. The summed E-state index contributed by atoms with van der Waals surface area (Å²) in [7, 11) is 0. The van der Waals surface area contributed by atoms with Gasteiger partial charge >= 0.3 is 0 Å². The van der Waals surface area contributed by atoms with Gasteiger partial charge < -0.3 is 5.32 Å². The Morgan fingerprint density at radius 1 is 1.18 bits per heavy atom. The van der Waals surface area contributed by atoms with Crippen LogP contribution in [0, 0.1) is 17.2 Å². The zero-order valence-corrected chi connectivity index (χ0v) is 9.77. The van der Waals surface area contributed by atoms with E-state index < -0.39 is 0 Å². The van der Waals surface area contributed by atoms with E-state index in [4.69, 9.17) is 5.26 Å². The molecule has 0 aliphatic heterocycles. The highest BCUT2D eigenvalue weighted by Crippen LogP contribution is 2.35. The van der Waals surface area contributed by atoms with Crippen molar-refractivity contribution in [2.24, 2.45) is 5.92 Å². The van der Waals surface area contributed by atoms with Gasteiger partial charge in [-0.2, -0.15) is 5.26 Å². The van der Waals surface area contributed by atoms with Crippen molar-refractivity contribution >= 4 is 16.5 Å². The van der Waals surface area contributed by atoms with Crippen LogP contribution in [-0.4, -0.2) is 6.04 Å². The van der Waals surface area contributed by atoms with Gasteiger partial charge in [0.25, 0.3) is 0 Å². The molecule has 2 unspecified atom stereocenters. The third-order valence-corrected chi connectivity index (χ3v) is 3.49. The van der Waals surface area contributed by atoms with Gasteiger partial charge in [0.2, 0.25) is 0 Å². The molecule has 2 aromatic carbocycles. The van der Waals surface area contributed by atoms with Crippen molar-refractivity contribution < 1.29 is 0 Å². The largest absolute Gasteiger partial charge is 0.382 e. The molecule has 1 fully saturated rings. The van der Waals surface area contributed by atoms with Crippen LogP contribution in [0.15, 0.2) is 36.4 Å². The van der Waals surface area contributed by atoms with Crippen molar-refractivity contribution in [1.82, 2.24) is 0 Å². The van der Waals surface area contributed by atoms with Gasteiger partial charge in [0.1, 0.15) is 0 Å². The molecule has 1 aliphatic carbocycles. The Labute approximate surface area is 101 Å². The third kappa shape index (κ3) is 1.74. The van der Waals surface area contributed by atoms with Gasteiger partial charge in [-0.15, -0.1) is 0 Å². The van der Waals surface area contributed by atoms with Gasteiger partial charge in [0, 0.05) is 22.5 Å². The van der Waals surface area contributed by atoms with Gasteiger partial charge in [-0.25, -0.2) is 0 Å². The molecular formula is C15H14N2. The molecule has 0 saturated heterocycles. The van der Waals surface area contributed by atoms with Crippen LogP contribution in [0.25, 0.3) is 10.8 Å². The lowest BCUT2D eigenvalue weighted by molar-refractivity contribution is 0.930. The maximum Gasteiger partial charge on any atom is 0.0998 e. The van der Waals surface area contributed by atoms with E-state index in [1.54, 1.807) is 0 Å². The lowest BCUT2D eigenvalue weighted by Crippen LogP contribution is -2.04. The standard InChI is InChI=1S/C15H14N2/c1-10-8-15(10)17-14-7-6-11(9-16)12-4-2-3-5-13(12)14/h2-7,10,15,17H,8H2,1H3. The van der Waals surface area contributed by atoms with Crippen LogP contribution >= 0.6 is 0 Å². The second-order valence-electron chi connectivity index (χ2n) is 4.78. The molecular weight excluding hydrogens is 208 g/mol. The average molecular weight is 222 g/mol. The maximum absolute atomic E-state index is 9.09. The fourth-order valence-electron chi connectivity index (χ4n) is 2.25.